The lowest BCUT2D eigenvalue weighted by Gasteiger charge is -2.19. The normalized spacial score (nSPS) is 11.5. The number of hydrogen-bond donors (Lipinski definition) is 0. The van der Waals surface area contributed by atoms with Crippen LogP contribution in [0.1, 0.15) is 0 Å². The van der Waals surface area contributed by atoms with Crippen molar-refractivity contribution in [3.8, 4) is 50.3 Å². The lowest BCUT2D eigenvalue weighted by Crippen LogP contribution is -1.98. The van der Waals surface area contributed by atoms with Crippen LogP contribution in [0.5, 0.6) is 0 Å². The van der Waals surface area contributed by atoms with Gasteiger partial charge in [-0.15, -0.1) is 0 Å². The Kier molecular flexibility index (Phi) is 6.89. The highest BCUT2D eigenvalue weighted by molar-refractivity contribution is 6.22. The third kappa shape index (κ3) is 4.86. The van der Waals surface area contributed by atoms with E-state index in [0.717, 1.165) is 0 Å². The Bertz CT molecular complexity index is 2870. The molecule has 0 saturated carbocycles. The van der Waals surface area contributed by atoms with Crippen LogP contribution < -0.4 is 0 Å². The molecule has 0 aliphatic heterocycles. The molecule has 9 aromatic carbocycles. The molecule has 0 amide bonds. The van der Waals surface area contributed by atoms with E-state index in [1.54, 1.807) is 0 Å². The first-order valence-electron chi connectivity index (χ1n) is 17.6. The van der Waals surface area contributed by atoms with Crippen molar-refractivity contribution in [2.24, 2.45) is 0 Å². The molecule has 0 fully saturated rings. The first kappa shape index (κ1) is 29.2. The molecular formula is C50H33N. The summed E-state index contributed by atoms with van der Waals surface area (Å²) in [4.78, 5) is 0. The molecule has 0 spiro atoms. The van der Waals surface area contributed by atoms with Crippen LogP contribution in [0.25, 0.3) is 93.5 Å². The summed E-state index contributed by atoms with van der Waals surface area (Å²) in [5.74, 6) is 0. The molecule has 0 radical (unpaired) electrons. The summed E-state index contributed by atoms with van der Waals surface area (Å²) >= 11 is 0. The molecule has 0 saturated heterocycles. The second-order valence-corrected chi connectivity index (χ2v) is 13.3. The van der Waals surface area contributed by atoms with Crippen LogP contribution in [0.2, 0.25) is 0 Å². The zero-order chi connectivity index (χ0) is 33.7. The van der Waals surface area contributed by atoms with Gasteiger partial charge in [-0.3, -0.25) is 0 Å². The first-order chi connectivity index (χ1) is 25.3. The van der Waals surface area contributed by atoms with Crippen LogP contribution >= 0.6 is 0 Å². The van der Waals surface area contributed by atoms with Crippen LogP contribution in [0.4, 0.5) is 0 Å². The maximum atomic E-state index is 2.42. The number of hydrogen-bond acceptors (Lipinski definition) is 0. The number of fused-ring (bicyclic) bond motifs is 4. The van der Waals surface area contributed by atoms with E-state index >= 15 is 0 Å². The minimum atomic E-state index is 1.18. The van der Waals surface area contributed by atoms with Crippen LogP contribution in [-0.4, -0.2) is 4.57 Å². The molecule has 238 valence electrons. The van der Waals surface area contributed by atoms with Gasteiger partial charge in [-0.25, -0.2) is 0 Å². The summed E-state index contributed by atoms with van der Waals surface area (Å²) in [5.41, 5.74) is 12.2. The van der Waals surface area contributed by atoms with Crippen LogP contribution in [0, 0.1) is 0 Å². The van der Waals surface area contributed by atoms with E-state index in [-0.39, 0.29) is 0 Å². The van der Waals surface area contributed by atoms with Crippen molar-refractivity contribution in [3.63, 3.8) is 0 Å². The van der Waals surface area contributed by atoms with Crippen LogP contribution in [0.3, 0.4) is 0 Å². The van der Waals surface area contributed by atoms with Crippen molar-refractivity contribution in [1.29, 1.82) is 0 Å². The largest absolute Gasteiger partial charge is 0.309 e. The Morgan fingerprint density at radius 3 is 1.49 bits per heavy atom. The smallest absolute Gasteiger partial charge is 0.0541 e. The van der Waals surface area contributed by atoms with Crippen molar-refractivity contribution in [2.45, 2.75) is 0 Å². The molecule has 1 heterocycles. The molecule has 0 unspecified atom stereocenters. The predicted molar refractivity (Wildman–Crippen MR) is 218 cm³/mol. The number of benzene rings is 9. The Morgan fingerprint density at radius 2 is 0.784 bits per heavy atom. The summed E-state index contributed by atoms with van der Waals surface area (Å²) in [5, 5.41) is 8.78. The Hall–Kier alpha value is -6.70. The van der Waals surface area contributed by atoms with Gasteiger partial charge in [0.05, 0.1) is 16.9 Å². The van der Waals surface area contributed by atoms with E-state index < -0.39 is 0 Å². The third-order valence-corrected chi connectivity index (χ3v) is 10.4. The Balaban J connectivity index is 1.16. The fourth-order valence-corrected chi connectivity index (χ4v) is 8.05. The fourth-order valence-electron chi connectivity index (χ4n) is 8.05. The molecule has 1 nitrogen and oxygen atoms in total. The molecule has 0 atom stereocenters. The minimum absolute atomic E-state index is 1.18. The zero-order valence-corrected chi connectivity index (χ0v) is 28.0. The van der Waals surface area contributed by atoms with Gasteiger partial charge in [-0.2, -0.15) is 0 Å². The van der Waals surface area contributed by atoms with Gasteiger partial charge in [-0.05, 0) is 90.1 Å². The summed E-state index contributed by atoms with van der Waals surface area (Å²) in [6.45, 7) is 0. The van der Waals surface area contributed by atoms with Gasteiger partial charge < -0.3 is 4.57 Å². The quantitative estimate of drug-likeness (QED) is 0.164. The van der Waals surface area contributed by atoms with E-state index in [4.69, 9.17) is 0 Å². The maximum Gasteiger partial charge on any atom is 0.0541 e. The molecule has 0 N–H and O–H groups in total. The number of aromatic nitrogens is 1. The standard InChI is InChI=1S/C50H33N/c1-3-15-37(16-4-1)49-42-22-10-11-23-43(42)50(38-17-5-2-6-18-38)45-32-39(30-31-44(45)49)34-26-28-36(29-27-34)48-33-40-19-8-12-24-46(40)51(48)47-25-13-20-35-14-7-9-21-41(35)47/h1-33H. The van der Waals surface area contributed by atoms with Crippen molar-refractivity contribution in [1.82, 2.24) is 4.57 Å². The van der Waals surface area contributed by atoms with E-state index in [1.165, 1.54) is 93.5 Å². The molecule has 1 aromatic heterocycles. The number of para-hydroxylation sites is 1. The number of rotatable bonds is 5. The highest BCUT2D eigenvalue weighted by Crippen LogP contribution is 2.45. The second kappa shape index (κ2) is 12.0. The molecule has 0 bridgehead atoms. The molecule has 10 rings (SSSR count). The average molecular weight is 648 g/mol. The Morgan fingerprint density at radius 1 is 0.275 bits per heavy atom. The van der Waals surface area contributed by atoms with E-state index in [0.29, 0.717) is 0 Å². The van der Waals surface area contributed by atoms with Gasteiger partial charge >= 0.3 is 0 Å². The zero-order valence-electron chi connectivity index (χ0n) is 28.0. The molecule has 0 aliphatic rings. The van der Waals surface area contributed by atoms with Crippen molar-refractivity contribution in [2.75, 3.05) is 0 Å². The molecular weight excluding hydrogens is 615 g/mol. The first-order valence-corrected chi connectivity index (χ1v) is 17.6. The van der Waals surface area contributed by atoms with Gasteiger partial charge in [0.25, 0.3) is 0 Å². The SMILES string of the molecule is c1ccc(-c2c3ccccc3c(-c3ccccc3)c3cc(-c4ccc(-c5cc6ccccc6n5-c5cccc6ccccc56)cc4)ccc23)cc1. The fraction of sp³-hybridized carbons (Fsp3) is 0. The molecule has 10 aromatic rings. The van der Waals surface area contributed by atoms with Gasteiger partial charge in [0, 0.05) is 10.8 Å². The van der Waals surface area contributed by atoms with Crippen molar-refractivity contribution in [3.05, 3.63) is 200 Å². The summed E-state index contributed by atoms with van der Waals surface area (Å²) in [7, 11) is 0. The van der Waals surface area contributed by atoms with E-state index in [9.17, 15) is 0 Å². The highest BCUT2D eigenvalue weighted by Gasteiger charge is 2.18. The average Bonchev–Trinajstić information content (AvgIpc) is 3.59. The summed E-state index contributed by atoms with van der Waals surface area (Å²) in [6.07, 6.45) is 0. The lowest BCUT2D eigenvalue weighted by molar-refractivity contribution is 1.15. The third-order valence-electron chi connectivity index (χ3n) is 10.4. The Labute approximate surface area is 297 Å². The second-order valence-electron chi connectivity index (χ2n) is 13.3. The predicted octanol–water partition coefficient (Wildman–Crippen LogP) is 13.8. The van der Waals surface area contributed by atoms with Crippen molar-refractivity contribution >= 4 is 43.2 Å². The van der Waals surface area contributed by atoms with Gasteiger partial charge in [0.2, 0.25) is 0 Å². The molecule has 51 heavy (non-hydrogen) atoms. The number of nitrogens with zero attached hydrogens (tertiary/aromatic N) is 1. The van der Waals surface area contributed by atoms with Crippen LogP contribution in [-0.2, 0) is 0 Å². The molecule has 1 heteroatoms. The monoisotopic (exact) mass is 647 g/mol. The van der Waals surface area contributed by atoms with E-state index in [1.807, 2.05) is 0 Å². The van der Waals surface area contributed by atoms with E-state index in [2.05, 4.69) is 205 Å². The summed E-state index contributed by atoms with van der Waals surface area (Å²) in [6, 6.07) is 72.9. The van der Waals surface area contributed by atoms with Crippen molar-refractivity contribution < 1.29 is 0 Å². The summed E-state index contributed by atoms with van der Waals surface area (Å²) < 4.78 is 2.42. The van der Waals surface area contributed by atoms with Gasteiger partial charge in [0.1, 0.15) is 0 Å². The van der Waals surface area contributed by atoms with Crippen LogP contribution in [0.15, 0.2) is 200 Å². The lowest BCUT2D eigenvalue weighted by atomic mass is 9.85. The topological polar surface area (TPSA) is 4.93 Å². The maximum absolute atomic E-state index is 2.42. The highest BCUT2D eigenvalue weighted by atomic mass is 15.0. The minimum Gasteiger partial charge on any atom is -0.309 e. The van der Waals surface area contributed by atoms with Gasteiger partial charge in [-0.1, -0.05) is 176 Å². The molecule has 0 aliphatic carbocycles. The van der Waals surface area contributed by atoms with Gasteiger partial charge in [0.15, 0.2) is 0 Å².